The Morgan fingerprint density at radius 2 is 2.07 bits per heavy atom. The molecular weight excluding hydrogens is 429 g/mol. The van der Waals surface area contributed by atoms with E-state index in [1.54, 1.807) is 24.5 Å². The van der Waals surface area contributed by atoms with Gasteiger partial charge in [-0.05, 0) is 30.0 Å². The van der Waals surface area contributed by atoms with Crippen LogP contribution < -0.4 is 10.1 Å². The fraction of sp³-hybridized carbons (Fsp3) is 0.250. The number of nitrogens with zero attached hydrogens (tertiary/aromatic N) is 4. The third-order valence-corrected chi connectivity index (χ3v) is 5.57. The minimum atomic E-state index is 0. The van der Waals surface area contributed by atoms with Crippen molar-refractivity contribution in [1.29, 1.82) is 0 Å². The van der Waals surface area contributed by atoms with Crippen molar-refractivity contribution in [1.82, 2.24) is 19.7 Å². The molecule has 9 heteroatoms. The first kappa shape index (κ1) is 21.4. The molecule has 3 aromatic heterocycles. The summed E-state index contributed by atoms with van der Waals surface area (Å²) < 4.78 is 7.17. The molecule has 0 unspecified atom stereocenters. The van der Waals surface area contributed by atoms with Crippen LogP contribution >= 0.6 is 35.3 Å². The van der Waals surface area contributed by atoms with E-state index in [1.807, 2.05) is 41.4 Å². The Kier molecular flexibility index (Phi) is 6.62. The third kappa shape index (κ3) is 4.17. The Morgan fingerprint density at radius 3 is 2.76 bits per heavy atom. The zero-order chi connectivity index (χ0) is 19.7. The van der Waals surface area contributed by atoms with Crippen molar-refractivity contribution >= 4 is 57.9 Å². The molecule has 0 amide bonds. The summed E-state index contributed by atoms with van der Waals surface area (Å²) >= 11 is 7.78. The second-order valence-corrected chi connectivity index (χ2v) is 7.72. The van der Waals surface area contributed by atoms with Crippen LogP contribution in [0.1, 0.15) is 19.0 Å². The van der Waals surface area contributed by atoms with E-state index < -0.39 is 0 Å². The number of rotatable bonds is 6. The largest absolute Gasteiger partial charge is 0.495 e. The van der Waals surface area contributed by atoms with E-state index in [0.717, 1.165) is 40.1 Å². The first-order chi connectivity index (χ1) is 13.6. The van der Waals surface area contributed by atoms with Gasteiger partial charge in [0.25, 0.3) is 0 Å². The number of aromatic nitrogens is 4. The van der Waals surface area contributed by atoms with Gasteiger partial charge in [0.05, 0.1) is 22.7 Å². The van der Waals surface area contributed by atoms with Crippen LogP contribution in [0.5, 0.6) is 5.75 Å². The maximum Gasteiger partial charge on any atom is 0.172 e. The van der Waals surface area contributed by atoms with E-state index in [2.05, 4.69) is 17.3 Å². The quantitative estimate of drug-likeness (QED) is 0.398. The summed E-state index contributed by atoms with van der Waals surface area (Å²) in [6, 6.07) is 9.57. The van der Waals surface area contributed by atoms with Crippen molar-refractivity contribution in [2.45, 2.75) is 19.8 Å². The minimum absolute atomic E-state index is 0. The maximum absolute atomic E-state index is 6.16. The normalized spacial score (nSPS) is 10.8. The Balaban J connectivity index is 0.00000240. The maximum atomic E-state index is 6.16. The highest BCUT2D eigenvalue weighted by Gasteiger charge is 2.18. The summed E-state index contributed by atoms with van der Waals surface area (Å²) in [5, 5.41) is 10.7. The van der Waals surface area contributed by atoms with Crippen LogP contribution in [0.15, 0.2) is 35.7 Å². The number of aryl methyl sites for hydroxylation is 2. The van der Waals surface area contributed by atoms with E-state index in [-0.39, 0.29) is 12.4 Å². The average Bonchev–Trinajstić information content (AvgIpc) is 3.32. The van der Waals surface area contributed by atoms with Crippen molar-refractivity contribution in [3.63, 3.8) is 0 Å². The van der Waals surface area contributed by atoms with Gasteiger partial charge in [0.15, 0.2) is 11.6 Å². The molecule has 3 heterocycles. The van der Waals surface area contributed by atoms with Crippen molar-refractivity contribution in [3.8, 4) is 16.5 Å². The molecule has 0 saturated carbocycles. The van der Waals surface area contributed by atoms with Crippen molar-refractivity contribution < 1.29 is 4.74 Å². The predicted octanol–water partition coefficient (Wildman–Crippen LogP) is 5.87. The number of fused-ring (bicyclic) bond motifs is 1. The number of benzene rings is 1. The molecule has 0 radical (unpaired) electrons. The molecule has 1 N–H and O–H groups in total. The molecule has 4 aromatic rings. The topological polar surface area (TPSA) is 64.9 Å². The molecule has 0 saturated heterocycles. The number of hydrogen-bond acceptors (Lipinski definition) is 6. The Labute approximate surface area is 184 Å². The Morgan fingerprint density at radius 1 is 1.24 bits per heavy atom. The third-order valence-electron chi connectivity index (χ3n) is 4.39. The molecule has 0 aliphatic heterocycles. The lowest BCUT2D eigenvalue weighted by molar-refractivity contribution is 0.415. The van der Waals surface area contributed by atoms with Crippen LogP contribution in [-0.4, -0.2) is 26.9 Å². The predicted molar refractivity (Wildman–Crippen MR) is 122 cm³/mol. The number of anilines is 2. The molecule has 0 aliphatic rings. The van der Waals surface area contributed by atoms with Crippen LogP contribution in [0.2, 0.25) is 5.02 Å². The van der Waals surface area contributed by atoms with E-state index in [9.17, 15) is 0 Å². The molecule has 152 valence electrons. The Bertz CT molecular complexity index is 1130. The zero-order valence-electron chi connectivity index (χ0n) is 16.3. The van der Waals surface area contributed by atoms with E-state index >= 15 is 0 Å². The average molecular weight is 450 g/mol. The molecule has 0 aliphatic carbocycles. The SMILES string of the molecule is CCCc1nn(C)c2c(Nc3ccc(Cl)c(OC)c3)nc(-c3cccs3)nc12.Cl. The summed E-state index contributed by atoms with van der Waals surface area (Å²) in [5.41, 5.74) is 3.57. The van der Waals surface area contributed by atoms with Crippen molar-refractivity contribution in [2.75, 3.05) is 12.4 Å². The summed E-state index contributed by atoms with van der Waals surface area (Å²) in [4.78, 5) is 10.7. The van der Waals surface area contributed by atoms with Gasteiger partial charge < -0.3 is 10.1 Å². The highest BCUT2D eigenvalue weighted by Crippen LogP contribution is 2.33. The van der Waals surface area contributed by atoms with Gasteiger partial charge in [0.2, 0.25) is 0 Å². The van der Waals surface area contributed by atoms with E-state index in [4.69, 9.17) is 26.3 Å². The van der Waals surface area contributed by atoms with Crippen molar-refractivity contribution in [3.05, 3.63) is 46.4 Å². The van der Waals surface area contributed by atoms with E-state index in [0.29, 0.717) is 22.4 Å². The summed E-state index contributed by atoms with van der Waals surface area (Å²) in [6.07, 6.45) is 1.87. The number of methoxy groups -OCH3 is 1. The second kappa shape index (κ2) is 8.98. The van der Waals surface area contributed by atoms with Gasteiger partial charge in [-0.2, -0.15) is 5.10 Å². The number of nitrogens with one attached hydrogen (secondary N) is 1. The second-order valence-electron chi connectivity index (χ2n) is 6.36. The molecule has 29 heavy (non-hydrogen) atoms. The summed E-state index contributed by atoms with van der Waals surface area (Å²) in [6.45, 7) is 2.14. The lowest BCUT2D eigenvalue weighted by atomic mass is 10.2. The van der Waals surface area contributed by atoms with Crippen LogP contribution in [0.3, 0.4) is 0 Å². The number of ether oxygens (including phenoxy) is 1. The lowest BCUT2D eigenvalue weighted by Gasteiger charge is -2.11. The molecule has 1 aromatic carbocycles. The Hall–Kier alpha value is -2.35. The number of hydrogen-bond donors (Lipinski definition) is 1. The van der Waals surface area contributed by atoms with Gasteiger partial charge in [-0.25, -0.2) is 9.97 Å². The van der Waals surface area contributed by atoms with Crippen molar-refractivity contribution in [2.24, 2.45) is 7.05 Å². The highest BCUT2D eigenvalue weighted by atomic mass is 35.5. The lowest BCUT2D eigenvalue weighted by Crippen LogP contribution is -2.01. The van der Waals surface area contributed by atoms with Crippen LogP contribution in [0.25, 0.3) is 21.7 Å². The van der Waals surface area contributed by atoms with Gasteiger partial charge >= 0.3 is 0 Å². The summed E-state index contributed by atoms with van der Waals surface area (Å²) in [7, 11) is 3.52. The van der Waals surface area contributed by atoms with Gasteiger partial charge in [0, 0.05) is 18.8 Å². The van der Waals surface area contributed by atoms with Crippen LogP contribution in [0.4, 0.5) is 11.5 Å². The fourth-order valence-corrected chi connectivity index (χ4v) is 3.98. The molecule has 0 atom stereocenters. The molecular formula is C20H21Cl2N5OS. The van der Waals surface area contributed by atoms with Gasteiger partial charge in [0.1, 0.15) is 16.8 Å². The van der Waals surface area contributed by atoms with Gasteiger partial charge in [-0.15, -0.1) is 23.7 Å². The molecule has 0 bridgehead atoms. The zero-order valence-corrected chi connectivity index (χ0v) is 18.7. The monoisotopic (exact) mass is 449 g/mol. The smallest absolute Gasteiger partial charge is 0.172 e. The van der Waals surface area contributed by atoms with Gasteiger partial charge in [-0.3, -0.25) is 4.68 Å². The molecule has 0 fully saturated rings. The standard InChI is InChI=1S/C20H20ClN5OS.ClH/c1-4-6-14-17-18(26(2)25-14)20(24-19(23-17)16-7-5-10-28-16)22-12-8-9-13(21)15(11-12)27-3;/h5,7-11H,4,6H2,1-3H3,(H,22,23,24);1H. The number of thiophene rings is 1. The van der Waals surface area contributed by atoms with Crippen LogP contribution in [-0.2, 0) is 13.5 Å². The molecule has 0 spiro atoms. The first-order valence-corrected chi connectivity index (χ1v) is 10.2. The summed E-state index contributed by atoms with van der Waals surface area (Å²) in [5.74, 6) is 2.00. The molecule has 4 rings (SSSR count). The fourth-order valence-electron chi connectivity index (χ4n) is 3.12. The first-order valence-electron chi connectivity index (χ1n) is 8.98. The highest BCUT2D eigenvalue weighted by molar-refractivity contribution is 7.13. The molecule has 6 nitrogen and oxygen atoms in total. The number of halogens is 2. The van der Waals surface area contributed by atoms with E-state index in [1.165, 1.54) is 0 Å². The minimum Gasteiger partial charge on any atom is -0.495 e. The van der Waals surface area contributed by atoms with Crippen LogP contribution in [0, 0.1) is 0 Å². The van der Waals surface area contributed by atoms with Gasteiger partial charge in [-0.1, -0.05) is 31.0 Å².